The summed E-state index contributed by atoms with van der Waals surface area (Å²) in [7, 11) is 0. The third-order valence-electron chi connectivity index (χ3n) is 3.07. The number of carbonyl (C=O) groups is 2. The second-order valence-corrected chi connectivity index (χ2v) is 5.27. The summed E-state index contributed by atoms with van der Waals surface area (Å²) in [5.41, 5.74) is 2.32. The number of hydrogen-bond acceptors (Lipinski definition) is 3. The van der Waals surface area contributed by atoms with Gasteiger partial charge in [0.2, 0.25) is 0 Å². The predicted molar refractivity (Wildman–Crippen MR) is 109 cm³/mol. The van der Waals surface area contributed by atoms with Crippen molar-refractivity contribution in [2.45, 2.75) is 60.3 Å². The summed E-state index contributed by atoms with van der Waals surface area (Å²) >= 11 is 0. The molecule has 26 heavy (non-hydrogen) atoms. The van der Waals surface area contributed by atoms with Crippen LogP contribution in [0.2, 0.25) is 0 Å². The summed E-state index contributed by atoms with van der Waals surface area (Å²) in [6, 6.07) is 9.54. The molecule has 0 saturated carbocycles. The Kier molecular flexibility index (Phi) is 33.3. The molecule has 0 bridgehead atoms. The Bertz CT molecular complexity index is 441. The summed E-state index contributed by atoms with van der Waals surface area (Å²) in [5.74, 6) is 7.05. The third-order valence-corrected chi connectivity index (χ3v) is 3.07. The van der Waals surface area contributed by atoms with Crippen LogP contribution in [0.5, 0.6) is 0 Å². The molecule has 0 saturated heterocycles. The van der Waals surface area contributed by atoms with Gasteiger partial charge in [-0.15, -0.1) is 5.92 Å². The van der Waals surface area contributed by atoms with Gasteiger partial charge in [0.1, 0.15) is 13.6 Å². The minimum Gasteiger partial charge on any atom is -0.307 e. The molecular weight excluding hydrogens is 399 g/mol. The van der Waals surface area contributed by atoms with Gasteiger partial charge in [-0.05, 0) is 31.8 Å². The van der Waals surface area contributed by atoms with E-state index in [1.54, 1.807) is 0 Å². The molecule has 0 unspecified atom stereocenters. The zero-order valence-corrected chi connectivity index (χ0v) is 20.4. The monoisotopic (exact) mass is 435 g/mol. The summed E-state index contributed by atoms with van der Waals surface area (Å²) in [6.07, 6.45) is 2.39. The predicted octanol–water partition coefficient (Wildman–Crippen LogP) is 4.74. The Hall–Kier alpha value is -0.816. The number of benzene rings is 1. The van der Waals surface area contributed by atoms with Crippen LogP contribution in [0.4, 0.5) is 0 Å². The molecule has 1 aromatic carbocycles. The third kappa shape index (κ3) is 18.0. The maximum atomic E-state index is 8.00. The molecule has 1 rings (SSSR count). The summed E-state index contributed by atoms with van der Waals surface area (Å²) in [6.45, 7) is 20.0. The molecule has 0 atom stereocenters. The van der Waals surface area contributed by atoms with Crippen LogP contribution in [0.1, 0.15) is 71.4 Å². The first kappa shape index (κ1) is 32.8. The van der Waals surface area contributed by atoms with Crippen molar-refractivity contribution in [1.29, 1.82) is 0 Å². The molecule has 0 aliphatic carbocycles. The minimum absolute atomic E-state index is 0. The normalized spacial score (nSPS) is 8.31. The molecule has 0 aromatic heterocycles. The molecule has 1 radical (unpaired) electrons. The Morgan fingerprint density at radius 1 is 1.04 bits per heavy atom. The van der Waals surface area contributed by atoms with Crippen molar-refractivity contribution in [3.05, 3.63) is 35.4 Å². The van der Waals surface area contributed by atoms with E-state index >= 15 is 0 Å². The van der Waals surface area contributed by atoms with Gasteiger partial charge in [0.25, 0.3) is 0 Å². The molecule has 0 N–H and O–H groups in total. The zero-order valence-electron chi connectivity index (χ0n) is 17.6. The first-order valence-electron chi connectivity index (χ1n) is 8.98. The van der Waals surface area contributed by atoms with Crippen molar-refractivity contribution < 1.29 is 42.3 Å². The van der Waals surface area contributed by atoms with E-state index in [1.165, 1.54) is 18.4 Å². The smallest absolute Gasteiger partial charge is 0.106 e. The van der Waals surface area contributed by atoms with Gasteiger partial charge in [0.15, 0.2) is 0 Å². The molecule has 145 valence electrons. The van der Waals surface area contributed by atoms with Crippen molar-refractivity contribution >= 4 is 13.6 Å². The summed E-state index contributed by atoms with van der Waals surface area (Å²) in [4.78, 5) is 18.4. The van der Waals surface area contributed by atoms with Crippen LogP contribution >= 0.6 is 0 Å². The SMILES string of the molecule is C=O.C=O.CC.CCCN(CC#Cc1c[c-]c(C(C)C)cc1)CCC.[Y]. The molecule has 0 amide bonds. The molecule has 3 nitrogen and oxygen atoms in total. The van der Waals surface area contributed by atoms with Gasteiger partial charge >= 0.3 is 0 Å². The number of hydrogen-bond donors (Lipinski definition) is 0. The number of carbonyl (C=O) groups excluding carboxylic acids is 2. The van der Waals surface area contributed by atoms with E-state index in [0.29, 0.717) is 5.92 Å². The fraction of sp³-hybridized carbons (Fsp3) is 0.545. The second kappa shape index (κ2) is 26.4. The summed E-state index contributed by atoms with van der Waals surface area (Å²) in [5, 5.41) is 0. The molecule has 0 aliphatic heterocycles. The van der Waals surface area contributed by atoms with Crippen LogP contribution in [-0.4, -0.2) is 38.1 Å². The molecule has 1 aromatic rings. The largest absolute Gasteiger partial charge is 0.307 e. The van der Waals surface area contributed by atoms with Gasteiger partial charge < -0.3 is 9.59 Å². The molecule has 4 heteroatoms. The maximum absolute atomic E-state index is 8.00. The van der Waals surface area contributed by atoms with Crippen molar-refractivity contribution in [2.24, 2.45) is 0 Å². The molecule has 0 heterocycles. The first-order valence-corrected chi connectivity index (χ1v) is 8.98. The van der Waals surface area contributed by atoms with Gasteiger partial charge in [-0.25, -0.2) is 0 Å². The number of rotatable bonds is 6. The second-order valence-electron chi connectivity index (χ2n) is 5.27. The summed E-state index contributed by atoms with van der Waals surface area (Å²) < 4.78 is 0. The topological polar surface area (TPSA) is 37.4 Å². The average molecular weight is 435 g/mol. The van der Waals surface area contributed by atoms with Crippen LogP contribution in [-0.2, 0) is 42.3 Å². The molecular formula is C22H36NO2Y-. The Morgan fingerprint density at radius 2 is 1.54 bits per heavy atom. The van der Waals surface area contributed by atoms with E-state index in [2.05, 4.69) is 62.6 Å². The van der Waals surface area contributed by atoms with Crippen LogP contribution in [0.25, 0.3) is 0 Å². The molecule has 0 fully saturated rings. The van der Waals surface area contributed by atoms with E-state index in [-0.39, 0.29) is 32.7 Å². The van der Waals surface area contributed by atoms with E-state index in [1.807, 2.05) is 33.5 Å². The van der Waals surface area contributed by atoms with Crippen LogP contribution in [0.15, 0.2) is 18.2 Å². The van der Waals surface area contributed by atoms with Crippen molar-refractivity contribution in [3.8, 4) is 11.8 Å². The van der Waals surface area contributed by atoms with Crippen molar-refractivity contribution in [3.63, 3.8) is 0 Å². The van der Waals surface area contributed by atoms with Gasteiger partial charge in [0, 0.05) is 32.7 Å². The Morgan fingerprint density at radius 3 is 1.88 bits per heavy atom. The fourth-order valence-electron chi connectivity index (χ4n) is 2.03. The van der Waals surface area contributed by atoms with Gasteiger partial charge in [-0.1, -0.05) is 53.0 Å². The van der Waals surface area contributed by atoms with Gasteiger partial charge in [-0.2, -0.15) is 29.8 Å². The first-order chi connectivity index (χ1) is 12.2. The van der Waals surface area contributed by atoms with Gasteiger partial charge in [-0.3, -0.25) is 4.90 Å². The average Bonchev–Trinajstić information content (AvgIpc) is 2.67. The zero-order chi connectivity index (χ0) is 20.1. The van der Waals surface area contributed by atoms with Crippen molar-refractivity contribution in [1.82, 2.24) is 4.90 Å². The number of nitrogens with zero attached hydrogens (tertiary/aromatic N) is 1. The molecule has 0 aliphatic rings. The minimum atomic E-state index is 0. The maximum Gasteiger partial charge on any atom is 0.106 e. The van der Waals surface area contributed by atoms with Gasteiger partial charge in [0.05, 0.1) is 6.54 Å². The quantitative estimate of drug-likeness (QED) is 0.479. The fourth-order valence-corrected chi connectivity index (χ4v) is 2.03. The van der Waals surface area contributed by atoms with Crippen LogP contribution in [0, 0.1) is 17.9 Å². The Balaban J connectivity index is -0.000000312. The standard InChI is InChI=1S/C18H26N.C2H6.2CH2O.Y/c1-5-13-19(14-6-2)15-7-8-17-9-11-18(12-10-17)16(3)4;3*1-2;/h9-11,16H,5-6,13-15H2,1-4H3;1-2H3;2*1H2;/q-1;;;;. The van der Waals surface area contributed by atoms with E-state index in [9.17, 15) is 0 Å². The van der Waals surface area contributed by atoms with Crippen molar-refractivity contribution in [2.75, 3.05) is 19.6 Å². The Labute approximate surface area is 187 Å². The van der Waals surface area contributed by atoms with E-state index in [0.717, 1.165) is 25.2 Å². The van der Waals surface area contributed by atoms with E-state index < -0.39 is 0 Å². The van der Waals surface area contributed by atoms with Crippen LogP contribution < -0.4 is 0 Å². The van der Waals surface area contributed by atoms with Crippen LogP contribution in [0.3, 0.4) is 0 Å². The van der Waals surface area contributed by atoms with E-state index in [4.69, 9.17) is 9.59 Å². The molecule has 0 spiro atoms.